The molecule has 0 radical (unpaired) electrons. The Hall–Kier alpha value is -2.26. The Kier molecular flexibility index (Phi) is 6.69. The number of nitrogens with one attached hydrogen (secondary N) is 1. The van der Waals surface area contributed by atoms with Gasteiger partial charge >= 0.3 is 0 Å². The SMILES string of the molecule is Cc1ccc(S(=O)(=O)O)cc1.Nc1nc(C2(c3ccccc3)CCNCC2)cs1. The molecule has 4 N–H and O–H groups in total. The minimum Gasteiger partial charge on any atom is -0.375 e. The molecule has 1 fully saturated rings. The quantitative estimate of drug-likeness (QED) is 0.547. The van der Waals surface area contributed by atoms with E-state index in [1.165, 1.54) is 29.0 Å². The van der Waals surface area contributed by atoms with E-state index < -0.39 is 10.1 Å². The predicted molar refractivity (Wildman–Crippen MR) is 117 cm³/mol. The molecule has 2 heterocycles. The number of thiazole rings is 1. The molecule has 0 atom stereocenters. The van der Waals surface area contributed by atoms with Crippen LogP contribution in [0.2, 0.25) is 0 Å². The topological polar surface area (TPSA) is 105 Å². The van der Waals surface area contributed by atoms with Gasteiger partial charge in [0.2, 0.25) is 0 Å². The number of nitrogen functional groups attached to an aromatic ring is 1. The highest BCUT2D eigenvalue weighted by Gasteiger charge is 2.37. The van der Waals surface area contributed by atoms with Gasteiger partial charge in [-0.05, 0) is 50.6 Å². The van der Waals surface area contributed by atoms with Gasteiger partial charge in [-0.15, -0.1) is 11.3 Å². The van der Waals surface area contributed by atoms with Gasteiger partial charge in [0.05, 0.1) is 10.6 Å². The standard InChI is InChI=1S/C14H17N3S.C7H8O3S/c15-13-17-12(10-18-13)14(6-8-16-9-7-14)11-4-2-1-3-5-11;1-6-2-4-7(5-3-6)11(8,9)10/h1-5,10,16H,6-9H2,(H2,15,17);2-5H,1H3,(H,8,9,10). The van der Waals surface area contributed by atoms with Crippen LogP contribution in [0, 0.1) is 6.92 Å². The largest absolute Gasteiger partial charge is 0.375 e. The fraction of sp³-hybridized carbons (Fsp3) is 0.286. The zero-order valence-electron chi connectivity index (χ0n) is 16.2. The number of hydrogen-bond donors (Lipinski definition) is 3. The molecule has 0 bridgehead atoms. The summed E-state index contributed by atoms with van der Waals surface area (Å²) in [4.78, 5) is 4.48. The monoisotopic (exact) mass is 431 g/mol. The maximum atomic E-state index is 10.5. The van der Waals surface area contributed by atoms with Crippen molar-refractivity contribution in [1.82, 2.24) is 10.3 Å². The Balaban J connectivity index is 0.000000188. The van der Waals surface area contributed by atoms with Gasteiger partial charge in [0.15, 0.2) is 5.13 Å². The van der Waals surface area contributed by atoms with Gasteiger partial charge in [0.25, 0.3) is 10.1 Å². The molecule has 154 valence electrons. The minimum atomic E-state index is -4.02. The van der Waals surface area contributed by atoms with Crippen molar-refractivity contribution in [2.45, 2.75) is 30.1 Å². The molecule has 0 aliphatic carbocycles. The summed E-state index contributed by atoms with van der Waals surface area (Å²) in [5.74, 6) is 0. The number of nitrogens with zero attached hydrogens (tertiary/aromatic N) is 1. The minimum absolute atomic E-state index is 0.0423. The molecular weight excluding hydrogens is 406 g/mol. The highest BCUT2D eigenvalue weighted by atomic mass is 32.2. The fourth-order valence-electron chi connectivity index (χ4n) is 3.52. The van der Waals surface area contributed by atoms with E-state index in [-0.39, 0.29) is 10.3 Å². The van der Waals surface area contributed by atoms with Crippen molar-refractivity contribution in [2.24, 2.45) is 0 Å². The number of benzene rings is 2. The van der Waals surface area contributed by atoms with Crippen molar-refractivity contribution in [2.75, 3.05) is 18.8 Å². The van der Waals surface area contributed by atoms with Crippen molar-refractivity contribution in [1.29, 1.82) is 0 Å². The molecule has 0 amide bonds. The molecule has 2 aromatic carbocycles. The number of nitrogens with two attached hydrogens (primary N) is 1. The van der Waals surface area contributed by atoms with Crippen LogP contribution in [0.4, 0.5) is 5.13 Å². The summed E-state index contributed by atoms with van der Waals surface area (Å²) in [6.45, 7) is 3.91. The lowest BCUT2D eigenvalue weighted by Gasteiger charge is -2.37. The predicted octanol–water partition coefficient (Wildman–Crippen LogP) is 3.64. The Morgan fingerprint density at radius 3 is 2.21 bits per heavy atom. The van der Waals surface area contributed by atoms with Crippen LogP contribution in [-0.2, 0) is 15.5 Å². The zero-order valence-corrected chi connectivity index (χ0v) is 17.8. The average molecular weight is 432 g/mol. The number of aromatic nitrogens is 1. The normalized spacial score (nSPS) is 15.9. The number of aryl methyl sites for hydroxylation is 1. The van der Waals surface area contributed by atoms with E-state index in [1.807, 2.05) is 6.92 Å². The van der Waals surface area contributed by atoms with Crippen molar-refractivity contribution in [3.05, 3.63) is 76.8 Å². The molecule has 1 aliphatic rings. The van der Waals surface area contributed by atoms with Crippen molar-refractivity contribution < 1.29 is 13.0 Å². The van der Waals surface area contributed by atoms with Gasteiger partial charge in [-0.25, -0.2) is 4.98 Å². The number of piperidine rings is 1. The lowest BCUT2D eigenvalue weighted by Crippen LogP contribution is -2.41. The number of rotatable bonds is 3. The van der Waals surface area contributed by atoms with Gasteiger partial charge in [0.1, 0.15) is 0 Å². The summed E-state index contributed by atoms with van der Waals surface area (Å²) in [5, 5.41) is 6.21. The molecule has 1 aromatic heterocycles. The van der Waals surface area contributed by atoms with E-state index in [0.29, 0.717) is 5.13 Å². The van der Waals surface area contributed by atoms with Crippen LogP contribution in [-0.4, -0.2) is 31.0 Å². The molecule has 29 heavy (non-hydrogen) atoms. The Labute approximate surface area is 175 Å². The summed E-state index contributed by atoms with van der Waals surface area (Å²) < 4.78 is 29.6. The van der Waals surface area contributed by atoms with Gasteiger partial charge in [-0.3, -0.25) is 4.55 Å². The van der Waals surface area contributed by atoms with Crippen LogP contribution < -0.4 is 11.1 Å². The summed E-state index contributed by atoms with van der Waals surface area (Å²) >= 11 is 1.54. The summed E-state index contributed by atoms with van der Waals surface area (Å²) in [6, 6.07) is 16.7. The lowest BCUT2D eigenvalue weighted by atomic mass is 9.71. The maximum Gasteiger partial charge on any atom is 0.294 e. The third-order valence-electron chi connectivity index (χ3n) is 5.11. The fourth-order valence-corrected chi connectivity index (χ4v) is 4.66. The van der Waals surface area contributed by atoms with Crippen molar-refractivity contribution in [3.63, 3.8) is 0 Å². The first-order chi connectivity index (χ1) is 13.8. The van der Waals surface area contributed by atoms with E-state index in [1.54, 1.807) is 12.1 Å². The molecule has 3 aromatic rings. The molecule has 0 saturated carbocycles. The molecule has 6 nitrogen and oxygen atoms in total. The molecular formula is C21H25N3O3S2. The maximum absolute atomic E-state index is 10.5. The van der Waals surface area contributed by atoms with E-state index in [9.17, 15) is 8.42 Å². The van der Waals surface area contributed by atoms with Crippen LogP contribution in [0.5, 0.6) is 0 Å². The van der Waals surface area contributed by atoms with Crippen LogP contribution in [0.15, 0.2) is 64.9 Å². The molecule has 1 saturated heterocycles. The Bertz CT molecular complexity index is 1030. The van der Waals surface area contributed by atoms with Gasteiger partial charge in [0, 0.05) is 10.8 Å². The van der Waals surface area contributed by atoms with E-state index >= 15 is 0 Å². The van der Waals surface area contributed by atoms with Gasteiger partial charge in [-0.2, -0.15) is 8.42 Å². The van der Waals surface area contributed by atoms with E-state index in [0.717, 1.165) is 37.2 Å². The third-order valence-corrected chi connectivity index (χ3v) is 6.66. The van der Waals surface area contributed by atoms with Crippen LogP contribution in [0.25, 0.3) is 0 Å². The first-order valence-corrected chi connectivity index (χ1v) is 11.7. The second-order valence-corrected chi connectivity index (χ2v) is 9.37. The molecule has 8 heteroatoms. The Morgan fingerprint density at radius 2 is 1.69 bits per heavy atom. The zero-order chi connectivity index (χ0) is 20.9. The smallest absolute Gasteiger partial charge is 0.294 e. The first-order valence-electron chi connectivity index (χ1n) is 9.33. The van der Waals surface area contributed by atoms with E-state index in [4.69, 9.17) is 10.3 Å². The molecule has 0 unspecified atom stereocenters. The Morgan fingerprint density at radius 1 is 1.07 bits per heavy atom. The lowest BCUT2D eigenvalue weighted by molar-refractivity contribution is 0.356. The van der Waals surface area contributed by atoms with Gasteiger partial charge in [-0.1, -0.05) is 48.0 Å². The van der Waals surface area contributed by atoms with Crippen LogP contribution in [0.3, 0.4) is 0 Å². The van der Waals surface area contributed by atoms with Crippen molar-refractivity contribution in [3.8, 4) is 0 Å². The van der Waals surface area contributed by atoms with Crippen LogP contribution in [0.1, 0.15) is 29.7 Å². The molecule has 4 rings (SSSR count). The summed E-state index contributed by atoms with van der Waals surface area (Å²) in [7, 11) is -4.02. The third kappa shape index (κ3) is 5.22. The highest BCUT2D eigenvalue weighted by Crippen LogP contribution is 2.40. The molecule has 1 aliphatic heterocycles. The summed E-state index contributed by atoms with van der Waals surface area (Å²) in [6.07, 6.45) is 2.17. The second kappa shape index (κ2) is 9.04. The number of anilines is 1. The highest BCUT2D eigenvalue weighted by molar-refractivity contribution is 7.85. The summed E-state index contributed by atoms with van der Waals surface area (Å²) in [5.41, 5.74) is 9.31. The van der Waals surface area contributed by atoms with E-state index in [2.05, 4.69) is 46.0 Å². The van der Waals surface area contributed by atoms with Crippen LogP contribution >= 0.6 is 11.3 Å². The number of hydrogen-bond acceptors (Lipinski definition) is 6. The van der Waals surface area contributed by atoms with Gasteiger partial charge < -0.3 is 11.1 Å². The first kappa shape index (κ1) is 21.4. The van der Waals surface area contributed by atoms with Crippen molar-refractivity contribution >= 4 is 26.6 Å². The average Bonchev–Trinajstić information content (AvgIpc) is 3.16. The second-order valence-electron chi connectivity index (χ2n) is 7.06. The molecule has 0 spiro atoms.